The van der Waals surface area contributed by atoms with Crippen molar-refractivity contribution in [3.8, 4) is 0 Å². The van der Waals surface area contributed by atoms with Crippen LogP contribution in [0.3, 0.4) is 0 Å². The van der Waals surface area contributed by atoms with Gasteiger partial charge in [-0.05, 0) is 25.8 Å². The summed E-state index contributed by atoms with van der Waals surface area (Å²) in [6.07, 6.45) is 0.826. The van der Waals surface area contributed by atoms with E-state index < -0.39 is 18.8 Å². The molecule has 2 aliphatic rings. The van der Waals surface area contributed by atoms with Crippen molar-refractivity contribution < 1.29 is 18.0 Å². The zero-order chi connectivity index (χ0) is 15.7. The van der Waals surface area contributed by atoms with Crippen molar-refractivity contribution in [3.63, 3.8) is 0 Å². The van der Waals surface area contributed by atoms with E-state index in [1.165, 1.54) is 0 Å². The van der Waals surface area contributed by atoms with Gasteiger partial charge in [-0.15, -0.1) is 11.3 Å². The molecule has 0 bridgehead atoms. The molecule has 8 heteroatoms. The number of hydrogen-bond acceptors (Lipinski definition) is 4. The lowest BCUT2D eigenvalue weighted by molar-refractivity contribution is -0.159. The molecular weight excluding hydrogens is 315 g/mol. The smallest absolute Gasteiger partial charge is 0.332 e. The van der Waals surface area contributed by atoms with Gasteiger partial charge in [0, 0.05) is 18.1 Å². The van der Waals surface area contributed by atoms with E-state index in [9.17, 15) is 18.0 Å². The van der Waals surface area contributed by atoms with Gasteiger partial charge in [-0.3, -0.25) is 9.69 Å². The average Bonchev–Trinajstić information content (AvgIpc) is 3.09. The highest BCUT2D eigenvalue weighted by molar-refractivity contribution is 7.09. The topological polar surface area (TPSA) is 36.4 Å². The minimum absolute atomic E-state index is 0.0635. The number of likely N-dealkylation sites (tertiary alicyclic amines) is 2. The van der Waals surface area contributed by atoms with Crippen molar-refractivity contribution in [1.29, 1.82) is 0 Å². The summed E-state index contributed by atoms with van der Waals surface area (Å²) in [4.78, 5) is 19.7. The fourth-order valence-electron chi connectivity index (χ4n) is 3.39. The number of carbonyl (C=O) groups is 1. The molecule has 0 spiro atoms. The van der Waals surface area contributed by atoms with Gasteiger partial charge >= 0.3 is 6.18 Å². The molecule has 122 valence electrons. The molecule has 0 saturated carbocycles. The van der Waals surface area contributed by atoms with Crippen LogP contribution in [0.5, 0.6) is 0 Å². The van der Waals surface area contributed by atoms with Gasteiger partial charge in [0.2, 0.25) is 5.91 Å². The van der Waals surface area contributed by atoms with Crippen LogP contribution in [-0.4, -0.2) is 52.5 Å². The maximum absolute atomic E-state index is 12.5. The average molecular weight is 333 g/mol. The van der Waals surface area contributed by atoms with E-state index in [1.54, 1.807) is 17.5 Å². The van der Waals surface area contributed by atoms with E-state index in [-0.39, 0.29) is 18.5 Å². The Morgan fingerprint density at radius 1 is 1.23 bits per heavy atom. The van der Waals surface area contributed by atoms with Crippen molar-refractivity contribution in [3.05, 3.63) is 16.6 Å². The molecule has 2 fully saturated rings. The molecule has 0 radical (unpaired) electrons. The molecule has 2 aliphatic heterocycles. The summed E-state index contributed by atoms with van der Waals surface area (Å²) in [5.41, 5.74) is 0. The van der Waals surface area contributed by atoms with E-state index in [2.05, 4.69) is 9.88 Å². The number of rotatable bonds is 3. The standard InChI is InChI=1S/C14H18F3N3OS/c15-14(16,17)9-19-7-4-11(13(19)21)20-6-2-1-3-10(20)12-18-5-8-22-12/h5,8,10-11H,1-4,6-7,9H2/t10-,11+/m1/s1. The van der Waals surface area contributed by atoms with E-state index in [0.29, 0.717) is 6.42 Å². The fourth-order valence-corrected chi connectivity index (χ4v) is 4.19. The van der Waals surface area contributed by atoms with Gasteiger partial charge in [0.15, 0.2) is 0 Å². The van der Waals surface area contributed by atoms with Crippen molar-refractivity contribution in [1.82, 2.24) is 14.8 Å². The monoisotopic (exact) mass is 333 g/mol. The Morgan fingerprint density at radius 3 is 2.73 bits per heavy atom. The van der Waals surface area contributed by atoms with Gasteiger partial charge < -0.3 is 4.90 Å². The molecular formula is C14H18F3N3OS. The molecule has 4 nitrogen and oxygen atoms in total. The molecule has 22 heavy (non-hydrogen) atoms. The summed E-state index contributed by atoms with van der Waals surface area (Å²) in [7, 11) is 0. The molecule has 3 heterocycles. The van der Waals surface area contributed by atoms with Crippen molar-refractivity contribution >= 4 is 17.2 Å². The number of nitrogens with zero attached hydrogens (tertiary/aromatic N) is 3. The van der Waals surface area contributed by atoms with Crippen molar-refractivity contribution in [2.75, 3.05) is 19.6 Å². The van der Waals surface area contributed by atoms with Gasteiger partial charge in [0.05, 0.1) is 12.1 Å². The Morgan fingerprint density at radius 2 is 2.05 bits per heavy atom. The molecule has 1 aromatic heterocycles. The van der Waals surface area contributed by atoms with E-state index >= 15 is 0 Å². The minimum Gasteiger partial charge on any atom is -0.332 e. The highest BCUT2D eigenvalue weighted by atomic mass is 32.1. The number of carbonyl (C=O) groups excluding carboxylic acids is 1. The minimum atomic E-state index is -4.33. The molecule has 2 atom stereocenters. The van der Waals surface area contributed by atoms with E-state index in [0.717, 1.165) is 35.7 Å². The van der Waals surface area contributed by atoms with Crippen LogP contribution in [0.2, 0.25) is 0 Å². The Labute approximate surface area is 130 Å². The first-order valence-electron chi connectivity index (χ1n) is 7.46. The second kappa shape index (κ2) is 6.16. The van der Waals surface area contributed by atoms with Gasteiger partial charge in [0.25, 0.3) is 0 Å². The van der Waals surface area contributed by atoms with Gasteiger partial charge in [-0.1, -0.05) is 6.42 Å². The van der Waals surface area contributed by atoms with E-state index in [4.69, 9.17) is 0 Å². The fraction of sp³-hybridized carbons (Fsp3) is 0.714. The molecule has 0 aliphatic carbocycles. The Balaban J connectivity index is 1.73. The van der Waals surface area contributed by atoms with Crippen LogP contribution in [0.4, 0.5) is 13.2 Å². The highest BCUT2D eigenvalue weighted by Gasteiger charge is 2.44. The molecule has 0 unspecified atom stereocenters. The summed E-state index contributed by atoms with van der Waals surface area (Å²) < 4.78 is 37.6. The third kappa shape index (κ3) is 3.27. The lowest BCUT2D eigenvalue weighted by Crippen LogP contribution is -2.47. The number of aromatic nitrogens is 1. The first-order valence-corrected chi connectivity index (χ1v) is 8.34. The van der Waals surface area contributed by atoms with Crippen molar-refractivity contribution in [2.45, 2.75) is 43.9 Å². The number of amides is 1. The van der Waals surface area contributed by atoms with Crippen LogP contribution in [0.1, 0.15) is 36.7 Å². The lowest BCUT2D eigenvalue weighted by atomic mass is 9.99. The first kappa shape index (κ1) is 15.7. The van der Waals surface area contributed by atoms with Crippen LogP contribution < -0.4 is 0 Å². The number of thiazole rings is 1. The zero-order valence-corrected chi connectivity index (χ0v) is 12.9. The summed E-state index contributed by atoms with van der Waals surface area (Å²) >= 11 is 1.55. The van der Waals surface area contributed by atoms with Gasteiger partial charge in [0.1, 0.15) is 11.6 Å². The quantitative estimate of drug-likeness (QED) is 0.853. The maximum atomic E-state index is 12.5. The predicted octanol–water partition coefficient (Wildman–Crippen LogP) is 2.83. The molecule has 0 N–H and O–H groups in total. The molecule has 0 aromatic carbocycles. The number of halogens is 3. The highest BCUT2D eigenvalue weighted by Crippen LogP contribution is 2.36. The summed E-state index contributed by atoms with van der Waals surface area (Å²) in [5.74, 6) is -0.388. The molecule has 1 aromatic rings. The molecule has 1 amide bonds. The van der Waals surface area contributed by atoms with E-state index in [1.807, 2.05) is 5.38 Å². The summed E-state index contributed by atoms with van der Waals surface area (Å²) in [6.45, 7) is -0.206. The van der Waals surface area contributed by atoms with Crippen LogP contribution in [0.15, 0.2) is 11.6 Å². The summed E-state index contributed by atoms with van der Waals surface area (Å²) in [6, 6.07) is -0.370. The Hall–Kier alpha value is -1.15. The van der Waals surface area contributed by atoms with Gasteiger partial charge in [-0.25, -0.2) is 4.98 Å². The first-order chi connectivity index (χ1) is 10.5. The maximum Gasteiger partial charge on any atom is 0.406 e. The van der Waals surface area contributed by atoms with Crippen LogP contribution in [0, 0.1) is 0 Å². The third-order valence-electron chi connectivity index (χ3n) is 4.32. The lowest BCUT2D eigenvalue weighted by Gasteiger charge is -2.37. The van der Waals surface area contributed by atoms with Crippen LogP contribution >= 0.6 is 11.3 Å². The second-order valence-corrected chi connectivity index (χ2v) is 6.73. The predicted molar refractivity (Wildman–Crippen MR) is 76.5 cm³/mol. The second-order valence-electron chi connectivity index (χ2n) is 5.80. The van der Waals surface area contributed by atoms with Crippen LogP contribution in [0.25, 0.3) is 0 Å². The number of piperidine rings is 1. The number of hydrogen-bond donors (Lipinski definition) is 0. The number of alkyl halides is 3. The Kier molecular flexibility index (Phi) is 4.40. The van der Waals surface area contributed by atoms with Gasteiger partial charge in [-0.2, -0.15) is 13.2 Å². The molecule has 3 rings (SSSR count). The van der Waals surface area contributed by atoms with Crippen LogP contribution in [-0.2, 0) is 4.79 Å². The normalized spacial score (nSPS) is 27.6. The zero-order valence-electron chi connectivity index (χ0n) is 12.1. The largest absolute Gasteiger partial charge is 0.406 e. The summed E-state index contributed by atoms with van der Waals surface area (Å²) in [5, 5.41) is 2.86. The SMILES string of the molecule is O=C1[C@@H](N2CCCC[C@@H]2c2nccs2)CCN1CC(F)(F)F. The third-order valence-corrected chi connectivity index (χ3v) is 5.20. The molecule has 2 saturated heterocycles. The van der Waals surface area contributed by atoms with Crippen molar-refractivity contribution in [2.24, 2.45) is 0 Å². The Bertz CT molecular complexity index is 520.